The van der Waals surface area contributed by atoms with E-state index >= 15 is 0 Å². The van der Waals surface area contributed by atoms with Crippen molar-refractivity contribution in [2.24, 2.45) is 0 Å². The molecule has 0 unspecified atom stereocenters. The first-order valence-corrected chi connectivity index (χ1v) is 4.79. The fourth-order valence-corrected chi connectivity index (χ4v) is 1.41. The molecule has 0 aliphatic heterocycles. The van der Waals surface area contributed by atoms with Crippen molar-refractivity contribution in [1.82, 2.24) is 5.32 Å². The van der Waals surface area contributed by atoms with Crippen molar-refractivity contribution in [3.05, 3.63) is 28.2 Å². The number of rotatable bonds is 4. The molecule has 0 aliphatic carbocycles. The van der Waals surface area contributed by atoms with E-state index in [0.717, 1.165) is 4.47 Å². The summed E-state index contributed by atoms with van der Waals surface area (Å²) in [7, 11) is 0. The Morgan fingerprint density at radius 3 is 2.86 bits per heavy atom. The zero-order valence-electron chi connectivity index (χ0n) is 7.33. The van der Waals surface area contributed by atoms with Crippen LogP contribution in [-0.2, 0) is 11.3 Å². The summed E-state index contributed by atoms with van der Waals surface area (Å²) in [5.74, 6) is -0.759. The fraction of sp³-hybridized carbons (Fsp3) is 0.222. The molecule has 3 N–H and O–H groups in total. The molecule has 0 atom stereocenters. The number of carboxylic acids is 1. The second-order valence-electron chi connectivity index (χ2n) is 2.77. The normalized spacial score (nSPS) is 10.1. The molecule has 0 heterocycles. The molecule has 0 aromatic heterocycles. The predicted molar refractivity (Wildman–Crippen MR) is 55.1 cm³/mol. The summed E-state index contributed by atoms with van der Waals surface area (Å²) < 4.78 is 0.849. The maximum atomic E-state index is 10.2. The van der Waals surface area contributed by atoms with Gasteiger partial charge in [-0.05, 0) is 18.2 Å². The van der Waals surface area contributed by atoms with Crippen molar-refractivity contribution < 1.29 is 15.0 Å². The van der Waals surface area contributed by atoms with Crippen molar-refractivity contribution in [3.63, 3.8) is 0 Å². The topological polar surface area (TPSA) is 69.6 Å². The molecule has 0 aliphatic rings. The Balaban J connectivity index is 2.57. The van der Waals surface area contributed by atoms with E-state index in [1.807, 2.05) is 0 Å². The van der Waals surface area contributed by atoms with E-state index in [9.17, 15) is 9.90 Å². The van der Waals surface area contributed by atoms with Crippen LogP contribution in [-0.4, -0.2) is 22.7 Å². The molecule has 76 valence electrons. The molecule has 0 saturated carbocycles. The van der Waals surface area contributed by atoms with Crippen molar-refractivity contribution in [2.75, 3.05) is 6.54 Å². The Kier molecular flexibility index (Phi) is 3.91. The van der Waals surface area contributed by atoms with Crippen LogP contribution in [0.1, 0.15) is 5.56 Å². The number of aliphatic carboxylic acids is 1. The largest absolute Gasteiger partial charge is 0.508 e. The van der Waals surface area contributed by atoms with Gasteiger partial charge in [0.15, 0.2) is 0 Å². The zero-order chi connectivity index (χ0) is 10.6. The van der Waals surface area contributed by atoms with Crippen LogP contribution >= 0.6 is 15.9 Å². The lowest BCUT2D eigenvalue weighted by atomic mass is 10.2. The van der Waals surface area contributed by atoms with E-state index in [2.05, 4.69) is 21.2 Å². The maximum absolute atomic E-state index is 10.2. The number of aromatic hydroxyl groups is 1. The molecule has 1 aromatic rings. The lowest BCUT2D eigenvalue weighted by Gasteiger charge is -2.05. The maximum Gasteiger partial charge on any atom is 0.317 e. The smallest absolute Gasteiger partial charge is 0.317 e. The van der Waals surface area contributed by atoms with E-state index in [-0.39, 0.29) is 12.3 Å². The SMILES string of the molecule is O=C(O)CNCc1cc(Br)ccc1O. The highest BCUT2D eigenvalue weighted by atomic mass is 79.9. The number of hydrogen-bond acceptors (Lipinski definition) is 3. The zero-order valence-corrected chi connectivity index (χ0v) is 8.91. The third-order valence-corrected chi connectivity index (χ3v) is 2.13. The third-order valence-electron chi connectivity index (χ3n) is 1.63. The Hall–Kier alpha value is -1.07. The summed E-state index contributed by atoms with van der Waals surface area (Å²) >= 11 is 3.26. The van der Waals surface area contributed by atoms with Crippen LogP contribution in [0.5, 0.6) is 5.75 Å². The second kappa shape index (κ2) is 4.97. The summed E-state index contributed by atoms with van der Waals surface area (Å²) in [5.41, 5.74) is 0.667. The Morgan fingerprint density at radius 2 is 2.21 bits per heavy atom. The lowest BCUT2D eigenvalue weighted by Crippen LogP contribution is -2.21. The number of carbonyl (C=O) groups is 1. The standard InChI is InChI=1S/C9H10BrNO3/c10-7-1-2-8(12)6(3-7)4-11-5-9(13)14/h1-3,11-12H,4-5H2,(H,13,14). The van der Waals surface area contributed by atoms with Gasteiger partial charge >= 0.3 is 5.97 Å². The number of hydrogen-bond donors (Lipinski definition) is 3. The minimum absolute atomic E-state index is 0.119. The molecule has 5 heteroatoms. The van der Waals surface area contributed by atoms with Crippen LogP contribution in [0.15, 0.2) is 22.7 Å². The van der Waals surface area contributed by atoms with Crippen LogP contribution in [0.2, 0.25) is 0 Å². The summed E-state index contributed by atoms with van der Waals surface area (Å²) in [5, 5.41) is 20.5. The van der Waals surface area contributed by atoms with Gasteiger partial charge in [0, 0.05) is 16.6 Å². The second-order valence-corrected chi connectivity index (χ2v) is 3.69. The van der Waals surface area contributed by atoms with Crippen LogP contribution in [0.4, 0.5) is 0 Å². The van der Waals surface area contributed by atoms with E-state index < -0.39 is 5.97 Å². The Morgan fingerprint density at radius 1 is 1.50 bits per heavy atom. The first-order valence-electron chi connectivity index (χ1n) is 3.99. The van der Waals surface area contributed by atoms with Crippen molar-refractivity contribution in [1.29, 1.82) is 0 Å². The average molecular weight is 260 g/mol. The van der Waals surface area contributed by atoms with Crippen LogP contribution in [0, 0.1) is 0 Å². The number of benzene rings is 1. The van der Waals surface area contributed by atoms with Gasteiger partial charge in [-0.25, -0.2) is 0 Å². The van der Waals surface area contributed by atoms with Crippen molar-refractivity contribution >= 4 is 21.9 Å². The quantitative estimate of drug-likeness (QED) is 0.763. The van der Waals surface area contributed by atoms with Gasteiger partial charge in [-0.3, -0.25) is 4.79 Å². The van der Waals surface area contributed by atoms with Gasteiger partial charge in [0.05, 0.1) is 6.54 Å². The van der Waals surface area contributed by atoms with E-state index in [1.165, 1.54) is 0 Å². The lowest BCUT2D eigenvalue weighted by molar-refractivity contribution is -0.136. The van der Waals surface area contributed by atoms with Gasteiger partial charge in [0.2, 0.25) is 0 Å². The molecular weight excluding hydrogens is 250 g/mol. The number of carboxylic acid groups (broad SMARTS) is 1. The van der Waals surface area contributed by atoms with Crippen LogP contribution in [0.25, 0.3) is 0 Å². The summed E-state index contributed by atoms with van der Waals surface area (Å²) in [6.45, 7) is 0.212. The number of phenolic OH excluding ortho intramolecular Hbond substituents is 1. The van der Waals surface area contributed by atoms with Crippen molar-refractivity contribution in [3.8, 4) is 5.75 Å². The Labute approximate surface area is 89.7 Å². The number of halogens is 1. The molecule has 0 bridgehead atoms. The molecule has 1 rings (SSSR count). The minimum Gasteiger partial charge on any atom is -0.508 e. The molecule has 14 heavy (non-hydrogen) atoms. The monoisotopic (exact) mass is 259 g/mol. The number of phenols is 1. The number of nitrogens with one attached hydrogen (secondary N) is 1. The highest BCUT2D eigenvalue weighted by molar-refractivity contribution is 9.10. The van der Waals surface area contributed by atoms with Gasteiger partial charge in [-0.1, -0.05) is 15.9 Å². The third kappa shape index (κ3) is 3.35. The molecule has 0 amide bonds. The van der Waals surface area contributed by atoms with Crippen LogP contribution in [0.3, 0.4) is 0 Å². The van der Waals surface area contributed by atoms with Gasteiger partial charge in [-0.2, -0.15) is 0 Å². The van der Waals surface area contributed by atoms with Gasteiger partial charge in [0.1, 0.15) is 5.75 Å². The minimum atomic E-state index is -0.917. The van der Waals surface area contributed by atoms with E-state index in [4.69, 9.17) is 5.11 Å². The van der Waals surface area contributed by atoms with Gasteiger partial charge in [-0.15, -0.1) is 0 Å². The summed E-state index contributed by atoms with van der Waals surface area (Å²) in [6, 6.07) is 5.02. The summed E-state index contributed by atoms with van der Waals surface area (Å²) in [6.07, 6.45) is 0. The van der Waals surface area contributed by atoms with Gasteiger partial charge < -0.3 is 15.5 Å². The first-order chi connectivity index (χ1) is 6.59. The molecule has 0 fully saturated rings. The first kappa shape index (κ1) is 11.0. The van der Waals surface area contributed by atoms with E-state index in [1.54, 1.807) is 18.2 Å². The molecule has 1 aromatic carbocycles. The highest BCUT2D eigenvalue weighted by Crippen LogP contribution is 2.21. The Bertz CT molecular complexity index is 341. The molecule has 4 nitrogen and oxygen atoms in total. The molecule has 0 saturated heterocycles. The van der Waals surface area contributed by atoms with Crippen LogP contribution < -0.4 is 5.32 Å². The molecule has 0 spiro atoms. The summed E-state index contributed by atoms with van der Waals surface area (Å²) in [4.78, 5) is 10.2. The van der Waals surface area contributed by atoms with Crippen molar-refractivity contribution in [2.45, 2.75) is 6.54 Å². The highest BCUT2D eigenvalue weighted by Gasteiger charge is 2.02. The average Bonchev–Trinajstić information content (AvgIpc) is 2.10. The fourth-order valence-electron chi connectivity index (χ4n) is 1.000. The molecular formula is C9H10BrNO3. The van der Waals surface area contributed by atoms with Gasteiger partial charge in [0.25, 0.3) is 0 Å². The predicted octanol–water partition coefficient (Wildman–Crippen LogP) is 1.33. The molecule has 0 radical (unpaired) electrons. The van der Waals surface area contributed by atoms with E-state index in [0.29, 0.717) is 12.1 Å².